The molecule has 0 fully saturated rings. The third-order valence-electron chi connectivity index (χ3n) is 3.27. The SMILES string of the molecule is Cc1ccc(-c2c(F)n(C)c3ncnc(N)c23)cc1. The number of anilines is 1. The van der Waals surface area contributed by atoms with Crippen LogP contribution in [0.3, 0.4) is 0 Å². The lowest BCUT2D eigenvalue weighted by molar-refractivity contribution is 0.544. The summed E-state index contributed by atoms with van der Waals surface area (Å²) in [7, 11) is 1.63. The summed E-state index contributed by atoms with van der Waals surface area (Å²) in [6.45, 7) is 1.99. The monoisotopic (exact) mass is 256 g/mol. The van der Waals surface area contributed by atoms with E-state index < -0.39 is 0 Å². The van der Waals surface area contributed by atoms with Crippen molar-refractivity contribution in [3.05, 3.63) is 42.1 Å². The lowest BCUT2D eigenvalue weighted by Crippen LogP contribution is -1.95. The average Bonchev–Trinajstić information content (AvgIpc) is 2.66. The first kappa shape index (κ1) is 11.6. The smallest absolute Gasteiger partial charge is 0.203 e. The molecule has 0 bridgehead atoms. The molecule has 0 amide bonds. The molecule has 0 radical (unpaired) electrons. The number of nitrogens with zero attached hydrogens (tertiary/aromatic N) is 3. The van der Waals surface area contributed by atoms with Crippen molar-refractivity contribution in [1.82, 2.24) is 14.5 Å². The van der Waals surface area contributed by atoms with E-state index in [2.05, 4.69) is 9.97 Å². The quantitative estimate of drug-likeness (QED) is 0.728. The Morgan fingerprint density at radius 2 is 1.84 bits per heavy atom. The summed E-state index contributed by atoms with van der Waals surface area (Å²) in [5, 5.41) is 0.561. The van der Waals surface area contributed by atoms with E-state index in [0.29, 0.717) is 22.4 Å². The molecule has 2 heterocycles. The summed E-state index contributed by atoms with van der Waals surface area (Å²) < 4.78 is 15.8. The van der Waals surface area contributed by atoms with Gasteiger partial charge in [0.1, 0.15) is 17.8 Å². The minimum absolute atomic E-state index is 0.292. The highest BCUT2D eigenvalue weighted by atomic mass is 19.1. The first-order valence-electron chi connectivity index (χ1n) is 5.91. The Kier molecular flexibility index (Phi) is 2.48. The number of aromatic nitrogens is 3. The number of fused-ring (bicyclic) bond motifs is 1. The summed E-state index contributed by atoms with van der Waals surface area (Å²) in [4.78, 5) is 8.05. The number of nitrogen functional groups attached to an aromatic ring is 1. The fourth-order valence-corrected chi connectivity index (χ4v) is 2.23. The standard InChI is InChI=1S/C14H13FN4/c1-8-3-5-9(6-4-8)10-11-13(16)17-7-18-14(11)19(2)12(10)15/h3-7H,1-2H3,(H2,16,17,18). The van der Waals surface area contributed by atoms with E-state index in [1.807, 2.05) is 31.2 Å². The molecular formula is C14H13FN4. The van der Waals surface area contributed by atoms with Crippen molar-refractivity contribution in [3.8, 4) is 11.1 Å². The second kappa shape index (κ2) is 4.05. The van der Waals surface area contributed by atoms with E-state index in [4.69, 9.17) is 5.73 Å². The maximum atomic E-state index is 14.4. The molecule has 0 unspecified atom stereocenters. The number of hydrogen-bond donors (Lipinski definition) is 1. The van der Waals surface area contributed by atoms with Gasteiger partial charge in [0, 0.05) is 12.6 Å². The lowest BCUT2D eigenvalue weighted by atomic mass is 10.0. The molecule has 0 spiro atoms. The Bertz CT molecular complexity index is 759. The van der Waals surface area contributed by atoms with E-state index in [-0.39, 0.29) is 5.95 Å². The van der Waals surface area contributed by atoms with Gasteiger partial charge in [0.05, 0.1) is 5.39 Å². The van der Waals surface area contributed by atoms with Gasteiger partial charge < -0.3 is 10.3 Å². The van der Waals surface area contributed by atoms with Crippen molar-refractivity contribution in [2.45, 2.75) is 6.92 Å². The van der Waals surface area contributed by atoms with Crippen LogP contribution in [0.4, 0.5) is 10.2 Å². The Morgan fingerprint density at radius 3 is 2.53 bits per heavy atom. The van der Waals surface area contributed by atoms with Crippen LogP contribution >= 0.6 is 0 Å². The Hall–Kier alpha value is -2.43. The van der Waals surface area contributed by atoms with Gasteiger partial charge in [-0.05, 0) is 12.5 Å². The highest BCUT2D eigenvalue weighted by Crippen LogP contribution is 2.34. The van der Waals surface area contributed by atoms with Crippen LogP contribution in [0.1, 0.15) is 5.56 Å². The largest absolute Gasteiger partial charge is 0.383 e. The molecule has 2 aromatic heterocycles. The van der Waals surface area contributed by atoms with E-state index in [0.717, 1.165) is 11.1 Å². The second-order valence-electron chi connectivity index (χ2n) is 4.55. The molecule has 96 valence electrons. The van der Waals surface area contributed by atoms with Gasteiger partial charge in [0.2, 0.25) is 5.95 Å². The maximum Gasteiger partial charge on any atom is 0.203 e. The number of nitrogens with two attached hydrogens (primary N) is 1. The summed E-state index contributed by atoms with van der Waals surface area (Å²) in [5.41, 5.74) is 8.72. The minimum Gasteiger partial charge on any atom is -0.383 e. The van der Waals surface area contributed by atoms with E-state index >= 15 is 0 Å². The van der Waals surface area contributed by atoms with Crippen LogP contribution in [-0.4, -0.2) is 14.5 Å². The van der Waals surface area contributed by atoms with E-state index in [9.17, 15) is 4.39 Å². The van der Waals surface area contributed by atoms with Crippen LogP contribution in [0.15, 0.2) is 30.6 Å². The zero-order valence-corrected chi connectivity index (χ0v) is 10.7. The number of aryl methyl sites for hydroxylation is 2. The normalized spacial score (nSPS) is 11.1. The maximum absolute atomic E-state index is 14.4. The number of halogens is 1. The molecule has 5 heteroatoms. The fourth-order valence-electron chi connectivity index (χ4n) is 2.23. The van der Waals surface area contributed by atoms with Gasteiger partial charge in [-0.1, -0.05) is 29.8 Å². The molecule has 19 heavy (non-hydrogen) atoms. The van der Waals surface area contributed by atoms with Crippen molar-refractivity contribution < 1.29 is 4.39 Å². The zero-order valence-electron chi connectivity index (χ0n) is 10.7. The van der Waals surface area contributed by atoms with Crippen molar-refractivity contribution in [2.75, 3.05) is 5.73 Å². The number of hydrogen-bond acceptors (Lipinski definition) is 3. The predicted octanol–water partition coefficient (Wildman–Crippen LogP) is 2.67. The molecule has 0 saturated carbocycles. The third-order valence-corrected chi connectivity index (χ3v) is 3.27. The first-order valence-corrected chi connectivity index (χ1v) is 5.91. The summed E-state index contributed by atoms with van der Waals surface area (Å²) >= 11 is 0. The van der Waals surface area contributed by atoms with Crippen molar-refractivity contribution in [2.24, 2.45) is 7.05 Å². The molecular weight excluding hydrogens is 243 g/mol. The van der Waals surface area contributed by atoms with E-state index in [1.165, 1.54) is 10.9 Å². The number of benzene rings is 1. The van der Waals surface area contributed by atoms with Crippen molar-refractivity contribution >= 4 is 16.9 Å². The van der Waals surface area contributed by atoms with Gasteiger partial charge in [-0.3, -0.25) is 0 Å². The Morgan fingerprint density at radius 1 is 1.16 bits per heavy atom. The molecule has 3 aromatic rings. The summed E-state index contributed by atoms with van der Waals surface area (Å²) in [5.74, 6) is -0.0638. The lowest BCUT2D eigenvalue weighted by Gasteiger charge is -2.02. The molecule has 4 nitrogen and oxygen atoms in total. The van der Waals surface area contributed by atoms with Gasteiger partial charge in [-0.15, -0.1) is 0 Å². The van der Waals surface area contributed by atoms with Crippen LogP contribution in [0.25, 0.3) is 22.2 Å². The molecule has 0 aliphatic heterocycles. The number of rotatable bonds is 1. The average molecular weight is 256 g/mol. The van der Waals surface area contributed by atoms with Crippen molar-refractivity contribution in [1.29, 1.82) is 0 Å². The van der Waals surface area contributed by atoms with Gasteiger partial charge in [-0.25, -0.2) is 9.97 Å². The highest BCUT2D eigenvalue weighted by molar-refractivity contribution is 6.00. The summed E-state index contributed by atoms with van der Waals surface area (Å²) in [6, 6.07) is 7.63. The van der Waals surface area contributed by atoms with Crippen molar-refractivity contribution in [3.63, 3.8) is 0 Å². The second-order valence-corrected chi connectivity index (χ2v) is 4.55. The molecule has 0 saturated heterocycles. The highest BCUT2D eigenvalue weighted by Gasteiger charge is 2.20. The molecule has 2 N–H and O–H groups in total. The molecule has 0 atom stereocenters. The van der Waals surface area contributed by atoms with Gasteiger partial charge in [-0.2, -0.15) is 4.39 Å². The van der Waals surface area contributed by atoms with Crippen LogP contribution in [0, 0.1) is 12.9 Å². The van der Waals surface area contributed by atoms with Crippen LogP contribution < -0.4 is 5.73 Å². The Balaban J connectivity index is 2.40. The van der Waals surface area contributed by atoms with Crippen LogP contribution in [0.5, 0.6) is 0 Å². The topological polar surface area (TPSA) is 56.7 Å². The molecule has 3 rings (SSSR count). The van der Waals surface area contributed by atoms with E-state index in [1.54, 1.807) is 7.05 Å². The fraction of sp³-hybridized carbons (Fsp3) is 0.143. The van der Waals surface area contributed by atoms with Gasteiger partial charge in [0.25, 0.3) is 0 Å². The van der Waals surface area contributed by atoms with Crippen LogP contribution in [0.2, 0.25) is 0 Å². The predicted molar refractivity (Wildman–Crippen MR) is 73.1 cm³/mol. The zero-order chi connectivity index (χ0) is 13.6. The molecule has 0 aliphatic carbocycles. The van der Waals surface area contributed by atoms with Gasteiger partial charge in [0.15, 0.2) is 0 Å². The minimum atomic E-state index is -0.356. The molecule has 0 aliphatic rings. The molecule has 1 aromatic carbocycles. The first-order chi connectivity index (χ1) is 9.09. The summed E-state index contributed by atoms with van der Waals surface area (Å²) in [6.07, 6.45) is 1.34. The van der Waals surface area contributed by atoms with Gasteiger partial charge >= 0.3 is 0 Å². The van der Waals surface area contributed by atoms with Crippen LogP contribution in [-0.2, 0) is 7.05 Å². The Labute approximate surface area is 109 Å². The third kappa shape index (κ3) is 1.66.